The van der Waals surface area contributed by atoms with Gasteiger partial charge < -0.3 is 4.74 Å². The number of halogens is 1. The second-order valence-corrected chi connectivity index (χ2v) is 13.7. The minimum atomic E-state index is 0.472. The first-order chi connectivity index (χ1) is 16.0. The van der Waals surface area contributed by atoms with Crippen LogP contribution < -0.4 is 0 Å². The van der Waals surface area contributed by atoms with E-state index in [2.05, 4.69) is 67.0 Å². The molecule has 0 spiro atoms. The van der Waals surface area contributed by atoms with Crippen molar-refractivity contribution in [3.63, 3.8) is 0 Å². The Kier molecular flexibility index (Phi) is 7.35. The summed E-state index contributed by atoms with van der Waals surface area (Å²) in [6.45, 7) is 8.78. The van der Waals surface area contributed by atoms with Gasteiger partial charge in [0.1, 0.15) is 0 Å². The first-order valence-corrected chi connectivity index (χ1v) is 15.3. The lowest BCUT2D eigenvalue weighted by atomic mass is 9.44. The molecule has 5 rings (SSSR count). The highest BCUT2D eigenvalue weighted by molar-refractivity contribution is 9.09. The van der Waals surface area contributed by atoms with E-state index in [1.54, 1.807) is 0 Å². The van der Waals surface area contributed by atoms with Crippen LogP contribution in [0.25, 0.3) is 0 Å². The normalized spacial score (nSPS) is 43.4. The average Bonchev–Trinajstić information content (AvgIpc) is 3.19. The highest BCUT2D eigenvalue weighted by atomic mass is 79.9. The molecule has 4 aliphatic rings. The first kappa shape index (κ1) is 24.4. The molecule has 0 bridgehead atoms. The fourth-order valence-corrected chi connectivity index (χ4v) is 10.1. The average molecular weight is 516 g/mol. The molecular formula is C31H47BrO. The van der Waals surface area contributed by atoms with Gasteiger partial charge in [0.05, 0.1) is 12.7 Å². The third-order valence-corrected chi connectivity index (χ3v) is 12.1. The molecule has 4 aliphatic carbocycles. The summed E-state index contributed by atoms with van der Waals surface area (Å²) < 4.78 is 6.45. The fraction of sp³-hybridized carbons (Fsp3) is 0.806. The van der Waals surface area contributed by atoms with Crippen LogP contribution in [0.2, 0.25) is 0 Å². The first-order valence-electron chi connectivity index (χ1n) is 14.2. The molecule has 9 atom stereocenters. The molecule has 0 unspecified atom stereocenters. The zero-order valence-electron chi connectivity index (χ0n) is 21.4. The van der Waals surface area contributed by atoms with Crippen LogP contribution in [-0.2, 0) is 11.3 Å². The maximum absolute atomic E-state index is 6.45. The van der Waals surface area contributed by atoms with E-state index in [1.165, 1.54) is 81.5 Å². The molecule has 0 amide bonds. The number of benzene rings is 1. The Bertz CT molecular complexity index is 778. The van der Waals surface area contributed by atoms with Gasteiger partial charge in [0.25, 0.3) is 0 Å². The number of alkyl halides is 1. The van der Waals surface area contributed by atoms with Gasteiger partial charge in [0.2, 0.25) is 0 Å². The highest BCUT2D eigenvalue weighted by Crippen LogP contribution is 2.68. The van der Waals surface area contributed by atoms with Crippen LogP contribution >= 0.6 is 15.9 Å². The van der Waals surface area contributed by atoms with Gasteiger partial charge >= 0.3 is 0 Å². The molecule has 0 saturated heterocycles. The molecule has 0 N–H and O–H groups in total. The van der Waals surface area contributed by atoms with Gasteiger partial charge in [-0.2, -0.15) is 0 Å². The molecule has 184 valence electrons. The summed E-state index contributed by atoms with van der Waals surface area (Å²) in [5.41, 5.74) is 2.50. The Labute approximate surface area is 212 Å². The number of fused-ring (bicyclic) bond motifs is 5. The lowest BCUT2D eigenvalue weighted by Gasteiger charge is -2.61. The van der Waals surface area contributed by atoms with E-state index in [0.29, 0.717) is 16.9 Å². The molecule has 0 radical (unpaired) electrons. The molecule has 2 heteroatoms. The summed E-state index contributed by atoms with van der Waals surface area (Å²) >= 11 is 3.67. The smallest absolute Gasteiger partial charge is 0.0720 e. The van der Waals surface area contributed by atoms with E-state index in [1.807, 2.05) is 0 Å². The van der Waals surface area contributed by atoms with Crippen molar-refractivity contribution in [2.75, 3.05) is 5.33 Å². The van der Waals surface area contributed by atoms with Crippen LogP contribution in [0.1, 0.15) is 97.0 Å². The lowest BCUT2D eigenvalue weighted by molar-refractivity contribution is -0.138. The Morgan fingerprint density at radius 1 is 0.939 bits per heavy atom. The summed E-state index contributed by atoms with van der Waals surface area (Å²) in [4.78, 5) is 0. The van der Waals surface area contributed by atoms with Crippen molar-refractivity contribution in [1.29, 1.82) is 0 Å². The van der Waals surface area contributed by atoms with Gasteiger partial charge in [-0.05, 0) is 123 Å². The van der Waals surface area contributed by atoms with Gasteiger partial charge in [0.15, 0.2) is 0 Å². The summed E-state index contributed by atoms with van der Waals surface area (Å²) in [7, 11) is 0. The minimum absolute atomic E-state index is 0.472. The molecule has 1 aromatic carbocycles. The molecule has 1 nitrogen and oxygen atoms in total. The monoisotopic (exact) mass is 514 g/mol. The van der Waals surface area contributed by atoms with Crippen LogP contribution in [0.3, 0.4) is 0 Å². The topological polar surface area (TPSA) is 9.23 Å². The molecule has 33 heavy (non-hydrogen) atoms. The Balaban J connectivity index is 1.23. The predicted molar refractivity (Wildman–Crippen MR) is 142 cm³/mol. The van der Waals surface area contributed by atoms with Crippen LogP contribution in [0.4, 0.5) is 0 Å². The maximum atomic E-state index is 6.45. The molecule has 1 aromatic rings. The van der Waals surface area contributed by atoms with Crippen molar-refractivity contribution in [1.82, 2.24) is 0 Å². The Morgan fingerprint density at radius 3 is 2.48 bits per heavy atom. The zero-order chi connectivity index (χ0) is 23.1. The van der Waals surface area contributed by atoms with Crippen molar-refractivity contribution in [2.45, 2.75) is 104 Å². The van der Waals surface area contributed by atoms with Gasteiger partial charge in [-0.25, -0.2) is 0 Å². The van der Waals surface area contributed by atoms with Gasteiger partial charge in [0, 0.05) is 5.33 Å². The van der Waals surface area contributed by atoms with Crippen molar-refractivity contribution in [3.05, 3.63) is 35.9 Å². The van der Waals surface area contributed by atoms with E-state index >= 15 is 0 Å². The number of hydrogen-bond acceptors (Lipinski definition) is 1. The van der Waals surface area contributed by atoms with E-state index in [4.69, 9.17) is 4.74 Å². The van der Waals surface area contributed by atoms with Crippen molar-refractivity contribution < 1.29 is 4.74 Å². The third-order valence-electron chi connectivity index (χ3n) is 11.5. The second-order valence-electron chi connectivity index (χ2n) is 12.9. The quantitative estimate of drug-likeness (QED) is 0.329. The molecule has 0 aromatic heterocycles. The predicted octanol–water partition coefficient (Wildman–Crippen LogP) is 9.04. The number of hydrogen-bond donors (Lipinski definition) is 0. The summed E-state index contributed by atoms with van der Waals surface area (Å²) in [6, 6.07) is 10.8. The molecule has 4 fully saturated rings. The Morgan fingerprint density at radius 2 is 1.70 bits per heavy atom. The molecule has 4 saturated carbocycles. The highest BCUT2D eigenvalue weighted by Gasteiger charge is 2.60. The second kappa shape index (κ2) is 9.96. The summed E-state index contributed by atoms with van der Waals surface area (Å²) in [6.07, 6.45) is 16.2. The van der Waals surface area contributed by atoms with Crippen molar-refractivity contribution >= 4 is 15.9 Å². The van der Waals surface area contributed by atoms with Gasteiger partial charge in [-0.15, -0.1) is 0 Å². The lowest BCUT2D eigenvalue weighted by Crippen LogP contribution is -2.54. The standard InChI is InChI=1S/C31H47BrO/c1-22(8-7-19-32)27-13-14-28-26-12-11-24-20-25(33-21-23-9-5-4-6-10-23)15-17-30(24,2)29(26)16-18-31(27,28)3/h4-6,9-10,22,24-29H,7-8,11-21H2,1-3H3/t22-,24-,25-,26+,27-,28+,29+,30+,31-/m1/s1. The summed E-state index contributed by atoms with van der Waals surface area (Å²) in [5.74, 6) is 5.72. The van der Waals surface area contributed by atoms with Gasteiger partial charge in [-0.3, -0.25) is 0 Å². The SMILES string of the molecule is C[C@H](CCCBr)[C@H]1CC[C@H]2[C@@H]3CC[C@@H]4C[C@H](OCc5ccccc5)CC[C@]4(C)[C@H]3CC[C@]12C. The van der Waals surface area contributed by atoms with Crippen LogP contribution in [0.15, 0.2) is 30.3 Å². The van der Waals surface area contributed by atoms with Crippen LogP contribution in [0.5, 0.6) is 0 Å². The van der Waals surface area contributed by atoms with Gasteiger partial charge in [-0.1, -0.05) is 67.0 Å². The maximum Gasteiger partial charge on any atom is 0.0720 e. The summed E-state index contributed by atoms with van der Waals surface area (Å²) in [5, 5.41) is 1.17. The van der Waals surface area contributed by atoms with E-state index in [9.17, 15) is 0 Å². The van der Waals surface area contributed by atoms with E-state index < -0.39 is 0 Å². The number of ether oxygens (including phenoxy) is 1. The molecule has 0 aliphatic heterocycles. The Hall–Kier alpha value is -0.340. The van der Waals surface area contributed by atoms with E-state index in [-0.39, 0.29) is 0 Å². The largest absolute Gasteiger partial charge is 0.374 e. The minimum Gasteiger partial charge on any atom is -0.374 e. The molecule has 0 heterocycles. The molecular weight excluding hydrogens is 468 g/mol. The zero-order valence-corrected chi connectivity index (χ0v) is 23.0. The van der Waals surface area contributed by atoms with Crippen LogP contribution in [0, 0.1) is 46.3 Å². The van der Waals surface area contributed by atoms with Crippen molar-refractivity contribution in [2.24, 2.45) is 46.3 Å². The fourth-order valence-electron chi connectivity index (χ4n) is 9.73. The van der Waals surface area contributed by atoms with Crippen molar-refractivity contribution in [3.8, 4) is 0 Å². The third kappa shape index (κ3) is 4.50. The van der Waals surface area contributed by atoms with Crippen LogP contribution in [-0.4, -0.2) is 11.4 Å². The number of rotatable bonds is 7. The van der Waals surface area contributed by atoms with E-state index in [0.717, 1.165) is 42.1 Å².